The molecule has 22 heavy (non-hydrogen) atoms. The van der Waals surface area contributed by atoms with Crippen molar-refractivity contribution in [2.75, 3.05) is 26.2 Å². The molecule has 2 aromatic rings. The molecule has 6 heteroatoms. The molecular formula is C16H22N4O2. The summed E-state index contributed by atoms with van der Waals surface area (Å²) < 4.78 is 0. The topological polar surface area (TPSA) is 78.1 Å². The second-order valence-corrected chi connectivity index (χ2v) is 5.08. The Morgan fingerprint density at radius 2 is 1.91 bits per heavy atom. The van der Waals surface area contributed by atoms with E-state index in [9.17, 15) is 9.59 Å². The first-order valence-electron chi connectivity index (χ1n) is 7.65. The Morgan fingerprint density at radius 3 is 2.59 bits per heavy atom. The first-order chi connectivity index (χ1) is 10.7. The maximum absolute atomic E-state index is 12.2. The maximum Gasteiger partial charge on any atom is 0.272 e. The molecule has 0 spiro atoms. The van der Waals surface area contributed by atoms with E-state index in [4.69, 9.17) is 0 Å². The fourth-order valence-corrected chi connectivity index (χ4v) is 2.42. The number of carbonyl (C=O) groups is 1. The standard InChI is InChI=1S/C16H22N4O2/c1-3-20(4-2)11-7-10-17-16(22)14-12-8-5-6-9-13(12)15(21)19-18-14/h5-6,8-9H,3-4,7,10-11H2,1-2H3,(H,17,22)(H,19,21). The van der Waals surface area contributed by atoms with Gasteiger partial charge in [0.1, 0.15) is 0 Å². The molecule has 1 heterocycles. The van der Waals surface area contributed by atoms with Crippen molar-refractivity contribution in [1.29, 1.82) is 0 Å². The van der Waals surface area contributed by atoms with Crippen LogP contribution >= 0.6 is 0 Å². The van der Waals surface area contributed by atoms with Gasteiger partial charge in [-0.3, -0.25) is 9.59 Å². The molecule has 1 aromatic heterocycles. The maximum atomic E-state index is 12.2. The third-order valence-corrected chi connectivity index (χ3v) is 3.74. The van der Waals surface area contributed by atoms with Crippen molar-refractivity contribution >= 4 is 16.7 Å². The Labute approximate surface area is 129 Å². The molecule has 1 aromatic carbocycles. The summed E-state index contributed by atoms with van der Waals surface area (Å²) >= 11 is 0. The van der Waals surface area contributed by atoms with Gasteiger partial charge in [0.05, 0.1) is 5.39 Å². The van der Waals surface area contributed by atoms with E-state index in [1.54, 1.807) is 24.3 Å². The van der Waals surface area contributed by atoms with Crippen LogP contribution in [-0.2, 0) is 0 Å². The van der Waals surface area contributed by atoms with Gasteiger partial charge in [0.25, 0.3) is 11.5 Å². The Kier molecular flexibility index (Phi) is 5.66. The third kappa shape index (κ3) is 3.71. The van der Waals surface area contributed by atoms with E-state index < -0.39 is 0 Å². The minimum absolute atomic E-state index is 0.257. The zero-order valence-corrected chi connectivity index (χ0v) is 13.1. The van der Waals surface area contributed by atoms with E-state index in [0.29, 0.717) is 17.3 Å². The summed E-state index contributed by atoms with van der Waals surface area (Å²) in [7, 11) is 0. The summed E-state index contributed by atoms with van der Waals surface area (Å²) in [5.41, 5.74) is -0.0216. The zero-order chi connectivity index (χ0) is 15.9. The lowest BCUT2D eigenvalue weighted by Crippen LogP contribution is -2.31. The van der Waals surface area contributed by atoms with Crippen molar-refractivity contribution in [3.8, 4) is 0 Å². The molecule has 0 saturated carbocycles. The van der Waals surface area contributed by atoms with Crippen LogP contribution in [0.2, 0.25) is 0 Å². The van der Waals surface area contributed by atoms with Crippen molar-refractivity contribution in [3.63, 3.8) is 0 Å². The third-order valence-electron chi connectivity index (χ3n) is 3.74. The number of rotatable bonds is 7. The lowest BCUT2D eigenvalue weighted by molar-refractivity contribution is 0.0947. The predicted octanol–water partition coefficient (Wildman–Crippen LogP) is 1.38. The number of hydrogen-bond donors (Lipinski definition) is 2. The van der Waals surface area contributed by atoms with Crippen LogP contribution in [0.1, 0.15) is 30.8 Å². The highest BCUT2D eigenvalue weighted by molar-refractivity contribution is 6.04. The number of aromatic amines is 1. The molecule has 0 aliphatic carbocycles. The first kappa shape index (κ1) is 16.2. The molecule has 0 aliphatic rings. The monoisotopic (exact) mass is 302 g/mol. The predicted molar refractivity (Wildman–Crippen MR) is 87.1 cm³/mol. The average Bonchev–Trinajstić information content (AvgIpc) is 2.55. The molecule has 0 radical (unpaired) electrons. The van der Waals surface area contributed by atoms with Gasteiger partial charge in [-0.25, -0.2) is 5.10 Å². The van der Waals surface area contributed by atoms with E-state index in [0.717, 1.165) is 26.1 Å². The number of aromatic nitrogens is 2. The number of hydrogen-bond acceptors (Lipinski definition) is 4. The number of H-pyrrole nitrogens is 1. The second-order valence-electron chi connectivity index (χ2n) is 5.08. The highest BCUT2D eigenvalue weighted by Crippen LogP contribution is 2.11. The van der Waals surface area contributed by atoms with Crippen LogP contribution in [0.15, 0.2) is 29.1 Å². The molecule has 6 nitrogen and oxygen atoms in total. The molecule has 0 fully saturated rings. The minimum Gasteiger partial charge on any atom is -0.351 e. The Balaban J connectivity index is 2.02. The minimum atomic E-state index is -0.284. The summed E-state index contributed by atoms with van der Waals surface area (Å²) in [6.45, 7) is 7.81. The van der Waals surface area contributed by atoms with E-state index in [1.165, 1.54) is 0 Å². The van der Waals surface area contributed by atoms with Crippen LogP contribution in [0.5, 0.6) is 0 Å². The molecule has 0 unspecified atom stereocenters. The van der Waals surface area contributed by atoms with Crippen molar-refractivity contribution in [3.05, 3.63) is 40.3 Å². The smallest absolute Gasteiger partial charge is 0.272 e. The zero-order valence-electron chi connectivity index (χ0n) is 13.1. The normalized spacial score (nSPS) is 11.0. The molecule has 0 saturated heterocycles. The highest BCUT2D eigenvalue weighted by atomic mass is 16.2. The molecule has 2 rings (SSSR count). The summed E-state index contributed by atoms with van der Waals surface area (Å²) in [6.07, 6.45) is 0.884. The average molecular weight is 302 g/mol. The van der Waals surface area contributed by atoms with E-state index in [2.05, 4.69) is 34.3 Å². The van der Waals surface area contributed by atoms with Gasteiger partial charge in [0, 0.05) is 11.9 Å². The Hall–Kier alpha value is -2.21. The van der Waals surface area contributed by atoms with Gasteiger partial charge in [-0.2, -0.15) is 5.10 Å². The molecule has 1 amide bonds. The van der Waals surface area contributed by atoms with Crippen molar-refractivity contribution in [2.45, 2.75) is 20.3 Å². The largest absolute Gasteiger partial charge is 0.351 e. The molecule has 0 aliphatic heterocycles. The first-order valence-corrected chi connectivity index (χ1v) is 7.65. The van der Waals surface area contributed by atoms with Crippen molar-refractivity contribution in [2.24, 2.45) is 0 Å². The lowest BCUT2D eigenvalue weighted by atomic mass is 10.1. The summed E-state index contributed by atoms with van der Waals surface area (Å²) in [5, 5.41) is 10.2. The molecule has 0 atom stereocenters. The van der Waals surface area contributed by atoms with Gasteiger partial charge in [-0.15, -0.1) is 0 Å². The van der Waals surface area contributed by atoms with Crippen LogP contribution in [0.4, 0.5) is 0 Å². The number of benzene rings is 1. The molecule has 0 bridgehead atoms. The quantitative estimate of drug-likeness (QED) is 0.758. The van der Waals surface area contributed by atoms with Gasteiger partial charge >= 0.3 is 0 Å². The Morgan fingerprint density at radius 1 is 1.23 bits per heavy atom. The fourth-order valence-electron chi connectivity index (χ4n) is 2.42. The fraction of sp³-hybridized carbons (Fsp3) is 0.438. The van der Waals surface area contributed by atoms with Gasteiger partial charge in [-0.1, -0.05) is 32.0 Å². The van der Waals surface area contributed by atoms with Gasteiger partial charge < -0.3 is 10.2 Å². The number of nitrogens with one attached hydrogen (secondary N) is 2. The number of carbonyl (C=O) groups excluding carboxylic acids is 1. The summed E-state index contributed by atoms with van der Waals surface area (Å²) in [4.78, 5) is 26.2. The molecular weight excluding hydrogens is 280 g/mol. The van der Waals surface area contributed by atoms with E-state index in [-0.39, 0.29) is 17.2 Å². The molecule has 2 N–H and O–H groups in total. The van der Waals surface area contributed by atoms with Crippen LogP contribution in [-0.4, -0.2) is 47.2 Å². The van der Waals surface area contributed by atoms with Crippen LogP contribution < -0.4 is 10.9 Å². The number of fused-ring (bicyclic) bond motifs is 1. The molecule has 118 valence electrons. The second kappa shape index (κ2) is 7.70. The van der Waals surface area contributed by atoms with Crippen molar-refractivity contribution < 1.29 is 4.79 Å². The van der Waals surface area contributed by atoms with Crippen molar-refractivity contribution in [1.82, 2.24) is 20.4 Å². The number of nitrogens with zero attached hydrogens (tertiary/aromatic N) is 2. The van der Waals surface area contributed by atoms with E-state index in [1.807, 2.05) is 0 Å². The van der Waals surface area contributed by atoms with Crippen LogP contribution in [0, 0.1) is 0 Å². The van der Waals surface area contributed by atoms with E-state index >= 15 is 0 Å². The van der Waals surface area contributed by atoms with Gasteiger partial charge in [-0.05, 0) is 32.1 Å². The Bertz CT molecular complexity index is 692. The SMILES string of the molecule is CCN(CC)CCCNC(=O)c1n[nH]c(=O)c2ccccc12. The lowest BCUT2D eigenvalue weighted by Gasteiger charge is -2.17. The van der Waals surface area contributed by atoms with Gasteiger partial charge in [0.15, 0.2) is 5.69 Å². The van der Waals surface area contributed by atoms with Crippen LogP contribution in [0.3, 0.4) is 0 Å². The van der Waals surface area contributed by atoms with Gasteiger partial charge in [0.2, 0.25) is 0 Å². The van der Waals surface area contributed by atoms with Crippen LogP contribution in [0.25, 0.3) is 10.8 Å². The number of amides is 1. The summed E-state index contributed by atoms with van der Waals surface area (Å²) in [5.74, 6) is -0.257. The highest BCUT2D eigenvalue weighted by Gasteiger charge is 2.13. The summed E-state index contributed by atoms with van der Waals surface area (Å²) in [6, 6.07) is 6.99.